The summed E-state index contributed by atoms with van der Waals surface area (Å²) < 4.78 is 5.28. The third kappa shape index (κ3) is 5.75. The average Bonchev–Trinajstić information content (AvgIpc) is 2.26. The van der Waals surface area contributed by atoms with Gasteiger partial charge in [-0.25, -0.2) is 0 Å². The molecule has 1 rings (SSSR count). The molecule has 1 aromatic carbocycles. The van der Waals surface area contributed by atoms with Crippen molar-refractivity contribution in [3.63, 3.8) is 0 Å². The van der Waals surface area contributed by atoms with Gasteiger partial charge in [-0.3, -0.25) is 4.79 Å². The topological polar surface area (TPSA) is 58.6 Å². The standard InChI is InChI=1S/C15H23NO3/c1-15(2,3)19-14(18)8-6-11-5-7-13(17)9-12(11)10-16-4/h5,7,9,16-17H,6,8,10H2,1-4H3. The lowest BCUT2D eigenvalue weighted by Crippen LogP contribution is -2.24. The van der Waals surface area contributed by atoms with Gasteiger partial charge in [0.2, 0.25) is 0 Å². The monoisotopic (exact) mass is 265 g/mol. The number of nitrogens with one attached hydrogen (secondary N) is 1. The Morgan fingerprint density at radius 3 is 2.58 bits per heavy atom. The maximum absolute atomic E-state index is 11.7. The molecular weight excluding hydrogens is 242 g/mol. The SMILES string of the molecule is CNCc1cc(O)ccc1CCC(=O)OC(C)(C)C. The van der Waals surface area contributed by atoms with E-state index in [1.165, 1.54) is 0 Å². The molecule has 0 atom stereocenters. The van der Waals surface area contributed by atoms with Crippen LogP contribution in [0.15, 0.2) is 18.2 Å². The summed E-state index contributed by atoms with van der Waals surface area (Å²) in [5.41, 5.74) is 1.61. The van der Waals surface area contributed by atoms with Crippen molar-refractivity contribution in [3.8, 4) is 5.75 Å². The summed E-state index contributed by atoms with van der Waals surface area (Å²) in [5.74, 6) is 0.0438. The zero-order chi connectivity index (χ0) is 14.5. The van der Waals surface area contributed by atoms with E-state index in [0.717, 1.165) is 11.1 Å². The zero-order valence-electron chi connectivity index (χ0n) is 12.1. The highest BCUT2D eigenvalue weighted by atomic mass is 16.6. The molecule has 106 valence electrons. The lowest BCUT2D eigenvalue weighted by Gasteiger charge is -2.19. The Labute approximate surface area is 114 Å². The molecule has 0 aliphatic heterocycles. The Hall–Kier alpha value is -1.55. The molecule has 0 unspecified atom stereocenters. The van der Waals surface area contributed by atoms with Crippen LogP contribution in [0, 0.1) is 0 Å². The number of benzene rings is 1. The number of aryl methyl sites for hydroxylation is 1. The van der Waals surface area contributed by atoms with E-state index < -0.39 is 5.60 Å². The molecule has 2 N–H and O–H groups in total. The molecule has 0 spiro atoms. The smallest absolute Gasteiger partial charge is 0.306 e. The van der Waals surface area contributed by atoms with Gasteiger partial charge in [-0.1, -0.05) is 6.07 Å². The molecule has 0 amide bonds. The highest BCUT2D eigenvalue weighted by Gasteiger charge is 2.16. The minimum Gasteiger partial charge on any atom is -0.508 e. The molecule has 0 aromatic heterocycles. The van der Waals surface area contributed by atoms with Crippen molar-refractivity contribution in [3.05, 3.63) is 29.3 Å². The van der Waals surface area contributed by atoms with E-state index in [9.17, 15) is 9.90 Å². The number of rotatable bonds is 5. The van der Waals surface area contributed by atoms with E-state index in [2.05, 4.69) is 5.32 Å². The highest BCUT2D eigenvalue weighted by molar-refractivity contribution is 5.70. The number of esters is 1. The van der Waals surface area contributed by atoms with E-state index >= 15 is 0 Å². The van der Waals surface area contributed by atoms with Crippen molar-refractivity contribution in [2.45, 2.75) is 45.8 Å². The number of phenols is 1. The average molecular weight is 265 g/mol. The number of phenolic OH excluding ortho intramolecular Hbond substituents is 1. The Bertz CT molecular complexity index is 436. The van der Waals surface area contributed by atoms with E-state index in [1.54, 1.807) is 12.1 Å². The summed E-state index contributed by atoms with van der Waals surface area (Å²) >= 11 is 0. The Morgan fingerprint density at radius 2 is 2.00 bits per heavy atom. The molecule has 0 radical (unpaired) electrons. The van der Waals surface area contributed by atoms with Gasteiger partial charge < -0.3 is 15.2 Å². The van der Waals surface area contributed by atoms with Gasteiger partial charge in [0.25, 0.3) is 0 Å². The molecule has 19 heavy (non-hydrogen) atoms. The molecule has 4 nitrogen and oxygen atoms in total. The first-order valence-electron chi connectivity index (χ1n) is 6.49. The Kier molecular flexibility index (Phi) is 5.36. The van der Waals surface area contributed by atoms with Crippen LogP contribution in [0.3, 0.4) is 0 Å². The van der Waals surface area contributed by atoms with Gasteiger partial charge in [0.15, 0.2) is 0 Å². The van der Waals surface area contributed by atoms with Crippen molar-refractivity contribution in [2.24, 2.45) is 0 Å². The molecule has 1 aromatic rings. The number of hydrogen-bond donors (Lipinski definition) is 2. The molecule has 0 saturated heterocycles. The van der Waals surface area contributed by atoms with Crippen molar-refractivity contribution in [1.82, 2.24) is 5.32 Å². The first kappa shape index (κ1) is 15.5. The zero-order valence-corrected chi connectivity index (χ0v) is 12.1. The maximum Gasteiger partial charge on any atom is 0.306 e. The number of ether oxygens (including phenoxy) is 1. The van der Waals surface area contributed by atoms with Crippen LogP contribution in [0.4, 0.5) is 0 Å². The highest BCUT2D eigenvalue weighted by Crippen LogP contribution is 2.19. The van der Waals surface area contributed by atoms with Gasteiger partial charge in [0, 0.05) is 13.0 Å². The van der Waals surface area contributed by atoms with Crippen LogP contribution in [-0.2, 0) is 22.5 Å². The fraction of sp³-hybridized carbons (Fsp3) is 0.533. The largest absolute Gasteiger partial charge is 0.508 e. The second-order valence-electron chi connectivity index (χ2n) is 5.57. The molecule has 0 fully saturated rings. The van der Waals surface area contributed by atoms with E-state index in [-0.39, 0.29) is 11.7 Å². The van der Waals surface area contributed by atoms with E-state index in [1.807, 2.05) is 33.9 Å². The summed E-state index contributed by atoms with van der Waals surface area (Å²) in [5, 5.41) is 12.5. The van der Waals surface area contributed by atoms with Crippen LogP contribution in [0.1, 0.15) is 38.3 Å². The maximum atomic E-state index is 11.7. The van der Waals surface area contributed by atoms with Crippen LogP contribution >= 0.6 is 0 Å². The molecule has 0 aliphatic carbocycles. The van der Waals surface area contributed by atoms with Crippen LogP contribution in [-0.4, -0.2) is 23.7 Å². The van der Waals surface area contributed by atoms with Crippen LogP contribution in [0.5, 0.6) is 5.75 Å². The third-order valence-electron chi connectivity index (χ3n) is 2.58. The molecule has 0 bridgehead atoms. The van der Waals surface area contributed by atoms with Crippen molar-refractivity contribution in [1.29, 1.82) is 0 Å². The minimum atomic E-state index is -0.445. The minimum absolute atomic E-state index is 0.198. The summed E-state index contributed by atoms with van der Waals surface area (Å²) in [7, 11) is 1.85. The Morgan fingerprint density at radius 1 is 1.32 bits per heavy atom. The quantitative estimate of drug-likeness (QED) is 0.803. The summed E-state index contributed by atoms with van der Waals surface area (Å²) in [4.78, 5) is 11.7. The van der Waals surface area contributed by atoms with Crippen molar-refractivity contribution < 1.29 is 14.6 Å². The summed E-state index contributed by atoms with van der Waals surface area (Å²) in [6.07, 6.45) is 0.963. The first-order valence-corrected chi connectivity index (χ1v) is 6.49. The number of aromatic hydroxyl groups is 1. The number of hydrogen-bond acceptors (Lipinski definition) is 4. The van der Waals surface area contributed by atoms with Crippen LogP contribution < -0.4 is 5.32 Å². The number of carbonyl (C=O) groups is 1. The number of carbonyl (C=O) groups excluding carboxylic acids is 1. The van der Waals surface area contributed by atoms with Crippen molar-refractivity contribution in [2.75, 3.05) is 7.05 Å². The fourth-order valence-electron chi connectivity index (χ4n) is 1.84. The van der Waals surface area contributed by atoms with Crippen molar-refractivity contribution >= 4 is 5.97 Å². The summed E-state index contributed by atoms with van der Waals surface area (Å²) in [6.45, 7) is 6.24. The lowest BCUT2D eigenvalue weighted by atomic mass is 10.0. The predicted molar refractivity (Wildman–Crippen MR) is 75.0 cm³/mol. The van der Waals surface area contributed by atoms with Gasteiger partial charge in [-0.15, -0.1) is 0 Å². The van der Waals surface area contributed by atoms with E-state index in [0.29, 0.717) is 19.4 Å². The second-order valence-corrected chi connectivity index (χ2v) is 5.57. The normalized spacial score (nSPS) is 11.4. The molecule has 0 saturated carbocycles. The first-order chi connectivity index (χ1) is 8.81. The van der Waals surface area contributed by atoms with Crippen LogP contribution in [0.25, 0.3) is 0 Å². The summed E-state index contributed by atoms with van der Waals surface area (Å²) in [6, 6.07) is 5.22. The van der Waals surface area contributed by atoms with Gasteiger partial charge >= 0.3 is 5.97 Å². The molecular formula is C15H23NO3. The third-order valence-corrected chi connectivity index (χ3v) is 2.58. The van der Waals surface area contributed by atoms with Gasteiger partial charge in [0.1, 0.15) is 11.4 Å². The lowest BCUT2D eigenvalue weighted by molar-refractivity contribution is -0.154. The van der Waals surface area contributed by atoms with Gasteiger partial charge in [0.05, 0.1) is 0 Å². The molecule has 0 heterocycles. The van der Waals surface area contributed by atoms with Gasteiger partial charge in [-0.05, 0) is 57.5 Å². The van der Waals surface area contributed by atoms with E-state index in [4.69, 9.17) is 4.74 Å². The predicted octanol–water partition coefficient (Wildman–Crippen LogP) is 2.39. The molecule has 4 heteroatoms. The second kappa shape index (κ2) is 6.57. The van der Waals surface area contributed by atoms with Crippen LogP contribution in [0.2, 0.25) is 0 Å². The Balaban J connectivity index is 2.64. The molecule has 0 aliphatic rings. The fourth-order valence-corrected chi connectivity index (χ4v) is 1.84. The van der Waals surface area contributed by atoms with Gasteiger partial charge in [-0.2, -0.15) is 0 Å².